The minimum atomic E-state index is -0.0603. The Labute approximate surface area is 144 Å². The van der Waals surface area contributed by atoms with Crippen molar-refractivity contribution in [3.8, 4) is 0 Å². The predicted octanol–water partition coefficient (Wildman–Crippen LogP) is 3.41. The van der Waals surface area contributed by atoms with Crippen LogP contribution in [0.2, 0.25) is 0 Å². The largest absolute Gasteiger partial charge is 0.355 e. The van der Waals surface area contributed by atoms with Crippen LogP contribution < -0.4 is 4.90 Å². The summed E-state index contributed by atoms with van der Waals surface area (Å²) < 4.78 is 0. The Balaban J connectivity index is 1.87. The molecule has 0 spiro atoms. The number of pyridine rings is 1. The molecular weight excluding hydrogens is 298 g/mol. The first-order chi connectivity index (χ1) is 11.4. The van der Waals surface area contributed by atoms with E-state index in [4.69, 9.17) is 0 Å². The molecule has 1 saturated heterocycles. The van der Waals surface area contributed by atoms with Crippen molar-refractivity contribution < 1.29 is 4.79 Å². The van der Waals surface area contributed by atoms with E-state index in [-0.39, 0.29) is 11.3 Å². The molecule has 2 aromatic rings. The van der Waals surface area contributed by atoms with E-state index in [9.17, 15) is 4.79 Å². The molecular formula is C20H25N3O. The summed E-state index contributed by atoms with van der Waals surface area (Å²) in [5, 5.41) is 0. The highest BCUT2D eigenvalue weighted by atomic mass is 16.2. The third-order valence-electron chi connectivity index (χ3n) is 4.83. The highest BCUT2D eigenvalue weighted by Gasteiger charge is 2.40. The van der Waals surface area contributed by atoms with Crippen molar-refractivity contribution in [3.63, 3.8) is 0 Å². The van der Waals surface area contributed by atoms with Crippen LogP contribution in [0.4, 0.5) is 5.82 Å². The molecule has 0 bridgehead atoms. The van der Waals surface area contributed by atoms with E-state index in [1.54, 1.807) is 25.1 Å². The maximum Gasteiger partial charge on any atom is 0.272 e. The molecule has 1 fully saturated rings. The fourth-order valence-electron chi connectivity index (χ4n) is 3.50. The van der Waals surface area contributed by atoms with Gasteiger partial charge in [0, 0.05) is 33.1 Å². The highest BCUT2D eigenvalue weighted by Crippen LogP contribution is 2.43. The van der Waals surface area contributed by atoms with Gasteiger partial charge in [0.1, 0.15) is 11.5 Å². The summed E-state index contributed by atoms with van der Waals surface area (Å²) >= 11 is 0. The van der Waals surface area contributed by atoms with E-state index in [1.807, 2.05) is 12.1 Å². The first-order valence-electron chi connectivity index (χ1n) is 8.37. The SMILES string of the molecule is CN(C)C(=O)c1cccc(N2C[C@H](c3ccccc3)C(C)(C)C2)n1. The van der Waals surface area contributed by atoms with Crippen molar-refractivity contribution in [1.82, 2.24) is 9.88 Å². The lowest BCUT2D eigenvalue weighted by Crippen LogP contribution is -2.26. The summed E-state index contributed by atoms with van der Waals surface area (Å²) in [6.07, 6.45) is 0. The van der Waals surface area contributed by atoms with Crippen molar-refractivity contribution in [1.29, 1.82) is 0 Å². The summed E-state index contributed by atoms with van der Waals surface area (Å²) in [5.74, 6) is 1.28. The van der Waals surface area contributed by atoms with Crippen LogP contribution in [0.1, 0.15) is 35.8 Å². The summed E-state index contributed by atoms with van der Waals surface area (Å²) in [6.45, 7) is 6.46. The molecule has 1 amide bonds. The maximum atomic E-state index is 12.2. The van der Waals surface area contributed by atoms with Crippen LogP contribution in [0.25, 0.3) is 0 Å². The topological polar surface area (TPSA) is 36.4 Å². The van der Waals surface area contributed by atoms with E-state index in [0.29, 0.717) is 11.6 Å². The second kappa shape index (κ2) is 6.27. The van der Waals surface area contributed by atoms with Gasteiger partial charge in [-0.25, -0.2) is 4.98 Å². The summed E-state index contributed by atoms with van der Waals surface area (Å²) in [5.41, 5.74) is 2.02. The second-order valence-corrected chi connectivity index (χ2v) is 7.41. The van der Waals surface area contributed by atoms with Gasteiger partial charge in [-0.15, -0.1) is 0 Å². The Morgan fingerprint density at radius 3 is 2.50 bits per heavy atom. The Morgan fingerprint density at radius 1 is 1.12 bits per heavy atom. The van der Waals surface area contributed by atoms with Crippen LogP contribution in [0.3, 0.4) is 0 Å². The molecule has 1 atom stereocenters. The molecule has 1 aromatic heterocycles. The zero-order chi connectivity index (χ0) is 17.3. The number of hydrogen-bond donors (Lipinski definition) is 0. The monoisotopic (exact) mass is 323 g/mol. The number of aromatic nitrogens is 1. The first kappa shape index (κ1) is 16.5. The highest BCUT2D eigenvalue weighted by molar-refractivity contribution is 5.92. The second-order valence-electron chi connectivity index (χ2n) is 7.41. The lowest BCUT2D eigenvalue weighted by atomic mass is 9.78. The average molecular weight is 323 g/mol. The van der Waals surface area contributed by atoms with Crippen LogP contribution in [0.15, 0.2) is 48.5 Å². The van der Waals surface area contributed by atoms with E-state index < -0.39 is 0 Å². The fourth-order valence-corrected chi connectivity index (χ4v) is 3.50. The smallest absolute Gasteiger partial charge is 0.272 e. The van der Waals surface area contributed by atoms with Gasteiger partial charge >= 0.3 is 0 Å². The number of amides is 1. The number of hydrogen-bond acceptors (Lipinski definition) is 3. The van der Waals surface area contributed by atoms with Crippen molar-refractivity contribution in [2.24, 2.45) is 5.41 Å². The molecule has 1 aliphatic rings. The number of carbonyl (C=O) groups excluding carboxylic acids is 1. The van der Waals surface area contributed by atoms with E-state index in [0.717, 1.165) is 18.9 Å². The van der Waals surface area contributed by atoms with E-state index >= 15 is 0 Å². The molecule has 0 aliphatic carbocycles. The maximum absolute atomic E-state index is 12.2. The summed E-state index contributed by atoms with van der Waals surface area (Å²) in [7, 11) is 3.50. The third-order valence-corrected chi connectivity index (χ3v) is 4.83. The summed E-state index contributed by atoms with van der Waals surface area (Å²) in [6, 6.07) is 16.4. The minimum absolute atomic E-state index is 0.0603. The molecule has 126 valence electrons. The molecule has 0 unspecified atom stereocenters. The Hall–Kier alpha value is -2.36. The molecule has 0 radical (unpaired) electrons. The van der Waals surface area contributed by atoms with Gasteiger partial charge in [0.15, 0.2) is 0 Å². The van der Waals surface area contributed by atoms with Crippen LogP contribution in [0, 0.1) is 5.41 Å². The molecule has 1 aromatic carbocycles. The van der Waals surface area contributed by atoms with Gasteiger partial charge in [0.25, 0.3) is 5.91 Å². The lowest BCUT2D eigenvalue weighted by molar-refractivity contribution is 0.0822. The van der Waals surface area contributed by atoms with Gasteiger partial charge in [0.2, 0.25) is 0 Å². The standard InChI is InChI=1S/C20H25N3O/c1-20(2)14-23(13-16(20)15-9-6-5-7-10-15)18-12-8-11-17(21-18)19(24)22(3)4/h5-12,16H,13-14H2,1-4H3/t16-/m1/s1. The molecule has 4 heteroatoms. The van der Waals surface area contributed by atoms with E-state index in [2.05, 4.69) is 54.1 Å². The van der Waals surface area contributed by atoms with Gasteiger partial charge in [-0.2, -0.15) is 0 Å². The molecule has 24 heavy (non-hydrogen) atoms. The van der Waals surface area contributed by atoms with Crippen molar-refractivity contribution in [3.05, 3.63) is 59.8 Å². The lowest BCUT2D eigenvalue weighted by Gasteiger charge is -2.25. The van der Waals surface area contributed by atoms with Crippen LogP contribution in [-0.4, -0.2) is 43.0 Å². The van der Waals surface area contributed by atoms with Gasteiger partial charge in [-0.1, -0.05) is 50.2 Å². The Bertz CT molecular complexity index is 725. The van der Waals surface area contributed by atoms with Crippen molar-refractivity contribution >= 4 is 11.7 Å². The Kier molecular flexibility index (Phi) is 4.31. The van der Waals surface area contributed by atoms with Crippen LogP contribution in [0.5, 0.6) is 0 Å². The third kappa shape index (κ3) is 3.14. The number of nitrogens with zero attached hydrogens (tertiary/aromatic N) is 3. The minimum Gasteiger partial charge on any atom is -0.355 e. The molecule has 3 rings (SSSR count). The Morgan fingerprint density at radius 2 is 1.83 bits per heavy atom. The molecule has 2 heterocycles. The van der Waals surface area contributed by atoms with Crippen LogP contribution >= 0.6 is 0 Å². The first-order valence-corrected chi connectivity index (χ1v) is 8.37. The molecule has 0 saturated carbocycles. The number of rotatable bonds is 3. The molecule has 4 nitrogen and oxygen atoms in total. The zero-order valence-corrected chi connectivity index (χ0v) is 14.9. The van der Waals surface area contributed by atoms with Crippen molar-refractivity contribution in [2.75, 3.05) is 32.1 Å². The van der Waals surface area contributed by atoms with E-state index in [1.165, 1.54) is 5.56 Å². The van der Waals surface area contributed by atoms with Gasteiger partial charge < -0.3 is 9.80 Å². The zero-order valence-electron chi connectivity index (χ0n) is 14.9. The fraction of sp³-hybridized carbons (Fsp3) is 0.400. The molecule has 0 N–H and O–H groups in total. The normalized spacial score (nSPS) is 19.3. The quantitative estimate of drug-likeness (QED) is 0.868. The predicted molar refractivity (Wildman–Crippen MR) is 97.4 cm³/mol. The van der Waals surface area contributed by atoms with Crippen molar-refractivity contribution in [2.45, 2.75) is 19.8 Å². The van der Waals surface area contributed by atoms with Gasteiger partial charge in [-0.3, -0.25) is 4.79 Å². The molecule has 1 aliphatic heterocycles. The number of anilines is 1. The average Bonchev–Trinajstić information content (AvgIpc) is 2.90. The summed E-state index contributed by atoms with van der Waals surface area (Å²) in [4.78, 5) is 20.6. The van der Waals surface area contributed by atoms with Gasteiger partial charge in [0.05, 0.1) is 0 Å². The number of benzene rings is 1. The van der Waals surface area contributed by atoms with Gasteiger partial charge in [-0.05, 0) is 23.1 Å². The van der Waals surface area contributed by atoms with Crippen LogP contribution in [-0.2, 0) is 0 Å². The number of carbonyl (C=O) groups is 1.